The maximum absolute atomic E-state index is 12.4. The first-order valence-electron chi connectivity index (χ1n) is 31.9. The third-order valence-electron chi connectivity index (χ3n) is 15.1. The maximum Gasteiger partial charge on any atom is 0.305 e. The lowest BCUT2D eigenvalue weighted by Gasteiger charge is -2.22. The standard InChI is InChI=1S/C64H125NO5/c1-3-5-7-9-11-13-14-15-16-32-35-38-42-46-50-54-58-64(69)70-59-55-51-47-43-39-36-33-30-28-26-24-22-20-18-17-19-21-23-25-27-29-31-34-37-41-45-49-53-57-63(68)65-61(60-66)62(67)56-52-48-44-40-12-10-8-6-4-2/h17-18,61-62,66-67H,3-16,19-60H2,1-2H3,(H,65,68)/b18-17-. The van der Waals surface area contributed by atoms with Gasteiger partial charge in [-0.15, -0.1) is 0 Å². The molecule has 2 atom stereocenters. The van der Waals surface area contributed by atoms with Crippen molar-refractivity contribution in [1.82, 2.24) is 5.32 Å². The van der Waals surface area contributed by atoms with E-state index < -0.39 is 12.1 Å². The molecule has 0 spiro atoms. The monoisotopic (exact) mass is 988 g/mol. The minimum absolute atomic E-state index is 0.0198. The van der Waals surface area contributed by atoms with Crippen LogP contribution >= 0.6 is 0 Å². The van der Waals surface area contributed by atoms with Crippen molar-refractivity contribution in [1.29, 1.82) is 0 Å². The molecule has 0 heterocycles. The lowest BCUT2D eigenvalue weighted by molar-refractivity contribution is -0.143. The minimum atomic E-state index is -0.661. The normalized spacial score (nSPS) is 12.6. The molecule has 0 saturated carbocycles. The number of nitrogens with one attached hydrogen (secondary N) is 1. The van der Waals surface area contributed by atoms with E-state index >= 15 is 0 Å². The molecule has 0 aromatic carbocycles. The Kier molecular flexibility index (Phi) is 59.0. The summed E-state index contributed by atoms with van der Waals surface area (Å²) < 4.78 is 5.50. The molecule has 1 amide bonds. The van der Waals surface area contributed by atoms with Gasteiger partial charge in [0.05, 0.1) is 25.4 Å². The van der Waals surface area contributed by atoms with Crippen LogP contribution in [0.3, 0.4) is 0 Å². The molecule has 0 aliphatic rings. The zero-order valence-corrected chi connectivity index (χ0v) is 47.5. The SMILES string of the molecule is CCCCCCCCCCCCCCCCCCC(=O)OCCCCCCCCCCCCCC/C=C\CCCCCCCCCCCCCCC(=O)NC(CO)C(O)CCCCCCCCCCC. The number of hydrogen-bond acceptors (Lipinski definition) is 5. The number of ether oxygens (including phenoxy) is 1. The maximum atomic E-state index is 12.4. The fraction of sp³-hybridized carbons (Fsp3) is 0.938. The summed E-state index contributed by atoms with van der Waals surface area (Å²) in [6.07, 6.45) is 72.5. The smallest absolute Gasteiger partial charge is 0.305 e. The van der Waals surface area contributed by atoms with Crippen molar-refractivity contribution in [3.8, 4) is 0 Å². The number of hydrogen-bond donors (Lipinski definition) is 3. The third-order valence-corrected chi connectivity index (χ3v) is 15.1. The molecule has 0 aliphatic heterocycles. The summed E-state index contributed by atoms with van der Waals surface area (Å²) in [6, 6.07) is -0.538. The van der Waals surface area contributed by atoms with Gasteiger partial charge in [0.15, 0.2) is 0 Å². The average Bonchev–Trinajstić information content (AvgIpc) is 3.36. The molecule has 70 heavy (non-hydrogen) atoms. The highest BCUT2D eigenvalue weighted by Gasteiger charge is 2.20. The number of rotatable bonds is 60. The highest BCUT2D eigenvalue weighted by molar-refractivity contribution is 5.76. The molecular weight excluding hydrogens is 863 g/mol. The van der Waals surface area contributed by atoms with Crippen LogP contribution in [0.5, 0.6) is 0 Å². The van der Waals surface area contributed by atoms with Crippen LogP contribution in [0.2, 0.25) is 0 Å². The zero-order chi connectivity index (χ0) is 50.7. The minimum Gasteiger partial charge on any atom is -0.466 e. The number of esters is 1. The van der Waals surface area contributed by atoms with E-state index in [0.717, 1.165) is 38.5 Å². The van der Waals surface area contributed by atoms with Crippen molar-refractivity contribution in [2.75, 3.05) is 13.2 Å². The van der Waals surface area contributed by atoms with Gasteiger partial charge >= 0.3 is 5.97 Å². The first-order chi connectivity index (χ1) is 34.5. The van der Waals surface area contributed by atoms with E-state index in [1.165, 1.54) is 289 Å². The van der Waals surface area contributed by atoms with Gasteiger partial charge in [-0.1, -0.05) is 309 Å². The van der Waals surface area contributed by atoms with Gasteiger partial charge in [0, 0.05) is 12.8 Å². The number of carbonyl (C=O) groups is 2. The van der Waals surface area contributed by atoms with Crippen LogP contribution in [0.15, 0.2) is 12.2 Å². The van der Waals surface area contributed by atoms with Crippen LogP contribution < -0.4 is 5.32 Å². The van der Waals surface area contributed by atoms with E-state index in [-0.39, 0.29) is 18.5 Å². The molecule has 0 aromatic heterocycles. The molecule has 3 N–H and O–H groups in total. The Balaban J connectivity index is 3.32. The summed E-state index contributed by atoms with van der Waals surface area (Å²) in [4.78, 5) is 24.5. The number of unbranched alkanes of at least 4 members (excludes halogenated alkanes) is 47. The van der Waals surface area contributed by atoms with Crippen molar-refractivity contribution in [3.63, 3.8) is 0 Å². The lowest BCUT2D eigenvalue weighted by atomic mass is 10.0. The molecule has 6 nitrogen and oxygen atoms in total. The van der Waals surface area contributed by atoms with Gasteiger partial charge in [0.2, 0.25) is 5.91 Å². The fourth-order valence-corrected chi connectivity index (χ4v) is 10.2. The Morgan fingerprint density at radius 1 is 0.386 bits per heavy atom. The summed E-state index contributed by atoms with van der Waals surface area (Å²) in [7, 11) is 0. The highest BCUT2D eigenvalue weighted by Crippen LogP contribution is 2.18. The second-order valence-electron chi connectivity index (χ2n) is 22.1. The molecule has 0 radical (unpaired) electrons. The van der Waals surface area contributed by atoms with Gasteiger partial charge in [-0.25, -0.2) is 0 Å². The van der Waals surface area contributed by atoms with Gasteiger partial charge < -0.3 is 20.3 Å². The van der Waals surface area contributed by atoms with E-state index in [2.05, 4.69) is 31.3 Å². The second-order valence-corrected chi connectivity index (χ2v) is 22.1. The van der Waals surface area contributed by atoms with Crippen molar-refractivity contribution in [2.45, 2.75) is 373 Å². The molecule has 6 heteroatoms. The topological polar surface area (TPSA) is 95.9 Å². The molecule has 0 aromatic rings. The van der Waals surface area contributed by atoms with Crippen LogP contribution in [0.4, 0.5) is 0 Å². The highest BCUT2D eigenvalue weighted by atomic mass is 16.5. The molecular formula is C64H125NO5. The summed E-state index contributed by atoms with van der Waals surface area (Å²) in [5.74, 6) is -0.0160. The molecule has 0 rings (SSSR count). The van der Waals surface area contributed by atoms with Gasteiger partial charge in [-0.05, 0) is 51.4 Å². The van der Waals surface area contributed by atoms with Crippen LogP contribution in [0, 0.1) is 0 Å². The third kappa shape index (κ3) is 55.9. The van der Waals surface area contributed by atoms with E-state index in [9.17, 15) is 19.8 Å². The summed E-state index contributed by atoms with van der Waals surface area (Å²) in [6.45, 7) is 4.96. The van der Waals surface area contributed by atoms with E-state index in [0.29, 0.717) is 25.9 Å². The predicted molar refractivity (Wildman–Crippen MR) is 306 cm³/mol. The number of aliphatic hydroxyl groups excluding tert-OH is 2. The summed E-state index contributed by atoms with van der Waals surface area (Å²) in [5, 5.41) is 23.1. The van der Waals surface area contributed by atoms with Crippen molar-refractivity contribution in [2.24, 2.45) is 0 Å². The zero-order valence-electron chi connectivity index (χ0n) is 47.5. The van der Waals surface area contributed by atoms with Gasteiger partial charge in [0.1, 0.15) is 0 Å². The fourth-order valence-electron chi connectivity index (χ4n) is 10.2. The molecule has 416 valence electrons. The van der Waals surface area contributed by atoms with Crippen LogP contribution in [0.1, 0.15) is 361 Å². The van der Waals surface area contributed by atoms with E-state index in [1.54, 1.807) is 0 Å². The van der Waals surface area contributed by atoms with Crippen molar-refractivity contribution < 1.29 is 24.5 Å². The van der Waals surface area contributed by atoms with Crippen molar-refractivity contribution >= 4 is 11.9 Å². The van der Waals surface area contributed by atoms with Gasteiger partial charge in [-0.3, -0.25) is 9.59 Å². The Morgan fingerprint density at radius 3 is 1.01 bits per heavy atom. The van der Waals surface area contributed by atoms with Gasteiger partial charge in [0.25, 0.3) is 0 Å². The van der Waals surface area contributed by atoms with E-state index in [1.807, 2.05) is 0 Å². The Labute approximate surface area is 438 Å². The van der Waals surface area contributed by atoms with E-state index in [4.69, 9.17) is 4.74 Å². The Bertz CT molecular complexity index is 1050. The summed E-state index contributed by atoms with van der Waals surface area (Å²) in [5.41, 5.74) is 0. The largest absolute Gasteiger partial charge is 0.466 e. The second kappa shape index (κ2) is 60.2. The quantitative estimate of drug-likeness (QED) is 0.0321. The number of allylic oxidation sites excluding steroid dienone is 2. The molecule has 0 bridgehead atoms. The molecule has 0 fully saturated rings. The van der Waals surface area contributed by atoms with Crippen LogP contribution in [-0.2, 0) is 14.3 Å². The number of amides is 1. The van der Waals surface area contributed by atoms with Crippen LogP contribution in [0.25, 0.3) is 0 Å². The molecule has 0 aliphatic carbocycles. The van der Waals surface area contributed by atoms with Crippen LogP contribution in [-0.4, -0.2) is 47.4 Å². The first-order valence-corrected chi connectivity index (χ1v) is 31.9. The average molecular weight is 989 g/mol. The summed E-state index contributed by atoms with van der Waals surface area (Å²) >= 11 is 0. The van der Waals surface area contributed by atoms with Crippen molar-refractivity contribution in [3.05, 3.63) is 12.2 Å². The Hall–Kier alpha value is -1.40. The number of carbonyl (C=O) groups excluding carboxylic acids is 2. The molecule has 2 unspecified atom stereocenters. The van der Waals surface area contributed by atoms with Gasteiger partial charge in [-0.2, -0.15) is 0 Å². The lowest BCUT2D eigenvalue weighted by Crippen LogP contribution is -2.45. The predicted octanol–water partition coefficient (Wildman–Crippen LogP) is 20.0. The molecule has 0 saturated heterocycles. The first kappa shape index (κ1) is 68.6. The number of aliphatic hydroxyl groups is 2. The Morgan fingerprint density at radius 2 is 0.671 bits per heavy atom.